The molecule has 0 radical (unpaired) electrons. The molecule has 2 atom stereocenters. The molecule has 1 heteroatoms. The van der Waals surface area contributed by atoms with E-state index < -0.39 is 0 Å². The van der Waals surface area contributed by atoms with Crippen molar-refractivity contribution in [1.82, 2.24) is 0 Å². The van der Waals surface area contributed by atoms with E-state index in [4.69, 9.17) is 4.74 Å². The van der Waals surface area contributed by atoms with E-state index in [1.165, 1.54) is 57.8 Å². The van der Waals surface area contributed by atoms with Crippen LogP contribution in [0.2, 0.25) is 0 Å². The van der Waals surface area contributed by atoms with E-state index in [2.05, 4.69) is 20.8 Å². The van der Waals surface area contributed by atoms with Crippen molar-refractivity contribution in [2.75, 3.05) is 0 Å². The van der Waals surface area contributed by atoms with Gasteiger partial charge in [-0.3, -0.25) is 0 Å². The van der Waals surface area contributed by atoms with Gasteiger partial charge in [-0.25, -0.2) is 0 Å². The number of rotatable bonds is 9. The van der Waals surface area contributed by atoms with Gasteiger partial charge in [-0.15, -0.1) is 0 Å². The Kier molecular flexibility index (Phi) is 7.11. The zero-order valence-corrected chi connectivity index (χ0v) is 11.5. The van der Waals surface area contributed by atoms with Crippen molar-refractivity contribution in [3.63, 3.8) is 0 Å². The van der Waals surface area contributed by atoms with Gasteiger partial charge in [0, 0.05) is 5.92 Å². The van der Waals surface area contributed by atoms with Crippen molar-refractivity contribution >= 4 is 0 Å². The molecule has 0 bridgehead atoms. The Bertz CT molecular complexity index is 153. The summed E-state index contributed by atoms with van der Waals surface area (Å²) in [5.41, 5.74) is 0. The molecule has 0 aromatic heterocycles. The van der Waals surface area contributed by atoms with E-state index in [9.17, 15) is 0 Å². The van der Waals surface area contributed by atoms with Gasteiger partial charge < -0.3 is 4.74 Å². The molecule has 1 aliphatic rings. The number of ether oxygens (including phenoxy) is 1. The molecule has 0 spiro atoms. The van der Waals surface area contributed by atoms with E-state index >= 15 is 0 Å². The largest absolute Gasteiger partial charge is 0.374 e. The van der Waals surface area contributed by atoms with E-state index in [1.807, 2.05) is 0 Å². The standard InChI is InChI=1S/C15H30O/c1-4-7-10-13-14(11-8-5-2)16-15(13)12-9-6-3/h13-15H,4-12H2,1-3H3. The van der Waals surface area contributed by atoms with Crippen LogP contribution >= 0.6 is 0 Å². The van der Waals surface area contributed by atoms with Gasteiger partial charge in [-0.1, -0.05) is 59.3 Å². The SMILES string of the molecule is CCCCC1OC(CCCC)C1CCCC. The van der Waals surface area contributed by atoms with Crippen LogP contribution in [0, 0.1) is 5.92 Å². The maximum atomic E-state index is 6.05. The van der Waals surface area contributed by atoms with E-state index in [0.717, 1.165) is 5.92 Å². The van der Waals surface area contributed by atoms with Gasteiger partial charge in [0.2, 0.25) is 0 Å². The molecule has 1 heterocycles. The molecule has 1 fully saturated rings. The third-order valence-electron chi connectivity index (χ3n) is 3.88. The lowest BCUT2D eigenvalue weighted by Gasteiger charge is -2.45. The summed E-state index contributed by atoms with van der Waals surface area (Å²) in [4.78, 5) is 0. The van der Waals surface area contributed by atoms with Gasteiger partial charge >= 0.3 is 0 Å². The van der Waals surface area contributed by atoms with Crippen molar-refractivity contribution in [3.8, 4) is 0 Å². The predicted octanol–water partition coefficient (Wildman–Crippen LogP) is 4.94. The molecule has 0 aliphatic carbocycles. The molecule has 2 unspecified atom stereocenters. The molecule has 0 N–H and O–H groups in total. The second-order valence-corrected chi connectivity index (χ2v) is 5.30. The summed E-state index contributed by atoms with van der Waals surface area (Å²) in [5, 5.41) is 0. The van der Waals surface area contributed by atoms with Crippen LogP contribution in [-0.4, -0.2) is 12.2 Å². The fourth-order valence-corrected chi connectivity index (χ4v) is 2.76. The molecule has 0 aromatic carbocycles. The van der Waals surface area contributed by atoms with Crippen molar-refractivity contribution in [2.24, 2.45) is 5.92 Å². The summed E-state index contributed by atoms with van der Waals surface area (Å²) in [5.74, 6) is 0.887. The third-order valence-corrected chi connectivity index (χ3v) is 3.88. The Morgan fingerprint density at radius 3 is 1.56 bits per heavy atom. The molecule has 0 aromatic rings. The second kappa shape index (κ2) is 8.11. The highest BCUT2D eigenvalue weighted by atomic mass is 16.5. The van der Waals surface area contributed by atoms with Crippen molar-refractivity contribution in [3.05, 3.63) is 0 Å². The van der Waals surface area contributed by atoms with Gasteiger partial charge in [0.05, 0.1) is 12.2 Å². The molecular formula is C15H30O. The maximum Gasteiger partial charge on any atom is 0.0632 e. The Hall–Kier alpha value is -0.0400. The number of hydrogen-bond donors (Lipinski definition) is 0. The lowest BCUT2D eigenvalue weighted by atomic mass is 9.80. The highest BCUT2D eigenvalue weighted by Crippen LogP contribution is 2.38. The zero-order valence-electron chi connectivity index (χ0n) is 11.5. The average molecular weight is 226 g/mol. The molecular weight excluding hydrogens is 196 g/mol. The Morgan fingerprint density at radius 1 is 0.688 bits per heavy atom. The smallest absolute Gasteiger partial charge is 0.0632 e. The normalized spacial score (nSPS) is 29.1. The van der Waals surface area contributed by atoms with Gasteiger partial charge in [0.25, 0.3) is 0 Å². The molecule has 0 amide bonds. The van der Waals surface area contributed by atoms with Gasteiger partial charge in [-0.05, 0) is 19.3 Å². The summed E-state index contributed by atoms with van der Waals surface area (Å²) >= 11 is 0. The van der Waals surface area contributed by atoms with Crippen molar-refractivity contribution in [2.45, 2.75) is 90.8 Å². The van der Waals surface area contributed by atoms with Gasteiger partial charge in [0.1, 0.15) is 0 Å². The first kappa shape index (κ1) is 14.0. The third kappa shape index (κ3) is 4.08. The van der Waals surface area contributed by atoms with E-state index in [0.29, 0.717) is 12.2 Å². The van der Waals surface area contributed by atoms with Crippen LogP contribution in [0.15, 0.2) is 0 Å². The van der Waals surface area contributed by atoms with Crippen LogP contribution in [-0.2, 0) is 4.74 Å². The molecule has 1 saturated heterocycles. The minimum atomic E-state index is 0.605. The topological polar surface area (TPSA) is 9.23 Å². The number of unbranched alkanes of at least 4 members (excludes halogenated alkanes) is 3. The lowest BCUT2D eigenvalue weighted by molar-refractivity contribution is -0.192. The van der Waals surface area contributed by atoms with Gasteiger partial charge in [-0.2, -0.15) is 0 Å². The van der Waals surface area contributed by atoms with Crippen LogP contribution < -0.4 is 0 Å². The fraction of sp³-hybridized carbons (Fsp3) is 1.00. The second-order valence-electron chi connectivity index (χ2n) is 5.30. The lowest BCUT2D eigenvalue weighted by Crippen LogP contribution is -2.48. The summed E-state index contributed by atoms with van der Waals surface area (Å²) in [6, 6.07) is 0. The first-order valence-corrected chi connectivity index (χ1v) is 7.48. The highest BCUT2D eigenvalue weighted by molar-refractivity contribution is 4.87. The molecule has 1 nitrogen and oxygen atoms in total. The molecule has 1 rings (SSSR count). The van der Waals surface area contributed by atoms with Crippen LogP contribution in [0.4, 0.5) is 0 Å². The summed E-state index contributed by atoms with van der Waals surface area (Å²) < 4.78 is 6.05. The van der Waals surface area contributed by atoms with E-state index in [-0.39, 0.29) is 0 Å². The summed E-state index contributed by atoms with van der Waals surface area (Å²) in [6.07, 6.45) is 13.2. The van der Waals surface area contributed by atoms with E-state index in [1.54, 1.807) is 0 Å². The Labute approximate surface area is 102 Å². The summed E-state index contributed by atoms with van der Waals surface area (Å²) in [6.45, 7) is 6.84. The highest BCUT2D eigenvalue weighted by Gasteiger charge is 2.40. The Balaban J connectivity index is 2.26. The van der Waals surface area contributed by atoms with Crippen LogP contribution in [0.5, 0.6) is 0 Å². The molecule has 96 valence electrons. The van der Waals surface area contributed by atoms with Crippen molar-refractivity contribution < 1.29 is 4.74 Å². The number of hydrogen-bond acceptors (Lipinski definition) is 1. The minimum Gasteiger partial charge on any atom is -0.374 e. The fourth-order valence-electron chi connectivity index (χ4n) is 2.76. The average Bonchev–Trinajstić information content (AvgIpc) is 2.28. The monoisotopic (exact) mass is 226 g/mol. The predicted molar refractivity (Wildman–Crippen MR) is 70.7 cm³/mol. The quantitative estimate of drug-likeness (QED) is 0.541. The first-order chi connectivity index (χ1) is 7.83. The molecule has 0 saturated carbocycles. The van der Waals surface area contributed by atoms with Gasteiger partial charge in [0.15, 0.2) is 0 Å². The van der Waals surface area contributed by atoms with Crippen LogP contribution in [0.1, 0.15) is 78.6 Å². The molecule has 16 heavy (non-hydrogen) atoms. The Morgan fingerprint density at radius 2 is 1.12 bits per heavy atom. The molecule has 1 aliphatic heterocycles. The minimum absolute atomic E-state index is 0.605. The van der Waals surface area contributed by atoms with Crippen LogP contribution in [0.3, 0.4) is 0 Å². The van der Waals surface area contributed by atoms with Crippen LogP contribution in [0.25, 0.3) is 0 Å². The summed E-state index contributed by atoms with van der Waals surface area (Å²) in [7, 11) is 0. The van der Waals surface area contributed by atoms with Crippen molar-refractivity contribution in [1.29, 1.82) is 0 Å². The zero-order chi connectivity index (χ0) is 11.8. The first-order valence-electron chi connectivity index (χ1n) is 7.48. The maximum absolute atomic E-state index is 6.05.